The number of aryl methyl sites for hydroxylation is 1. The van der Waals surface area contributed by atoms with Crippen LogP contribution in [-0.4, -0.2) is 66.8 Å². The molecule has 0 bridgehead atoms. The molecule has 33 heavy (non-hydrogen) atoms. The summed E-state index contributed by atoms with van der Waals surface area (Å²) in [6.45, 7) is 7.41. The van der Waals surface area contributed by atoms with Crippen LogP contribution in [0.3, 0.4) is 0 Å². The fourth-order valence-electron chi connectivity index (χ4n) is 4.21. The number of ether oxygens (including phenoxy) is 1. The maximum Gasteiger partial charge on any atom is 0.198 e. The number of sulfone groups is 1. The van der Waals surface area contributed by atoms with E-state index >= 15 is 0 Å². The summed E-state index contributed by atoms with van der Waals surface area (Å²) in [5, 5.41) is 12.0. The van der Waals surface area contributed by atoms with E-state index in [-0.39, 0.29) is 16.8 Å². The van der Waals surface area contributed by atoms with Crippen molar-refractivity contribution < 1.29 is 13.2 Å². The van der Waals surface area contributed by atoms with Crippen molar-refractivity contribution in [1.29, 1.82) is 0 Å². The second-order valence-electron chi connectivity index (χ2n) is 8.24. The van der Waals surface area contributed by atoms with Crippen LogP contribution in [0, 0.1) is 6.92 Å². The van der Waals surface area contributed by atoms with Crippen LogP contribution in [0.15, 0.2) is 53.4 Å². The third-order valence-corrected chi connectivity index (χ3v) is 7.68. The Bertz CT molecular complexity index is 1150. The molecule has 1 fully saturated rings. The molecule has 4 rings (SSSR count). The zero-order valence-electron chi connectivity index (χ0n) is 19.3. The lowest BCUT2D eigenvalue weighted by Gasteiger charge is -2.39. The van der Waals surface area contributed by atoms with Gasteiger partial charge in [-0.05, 0) is 60.2 Å². The van der Waals surface area contributed by atoms with E-state index in [9.17, 15) is 8.42 Å². The Morgan fingerprint density at radius 3 is 2.27 bits per heavy atom. The number of methoxy groups -OCH3 is 1. The van der Waals surface area contributed by atoms with Gasteiger partial charge < -0.3 is 9.64 Å². The van der Waals surface area contributed by atoms with Crippen molar-refractivity contribution in [1.82, 2.24) is 25.1 Å². The van der Waals surface area contributed by atoms with Gasteiger partial charge in [-0.2, -0.15) is 0 Å². The molecule has 1 saturated heterocycles. The maximum atomic E-state index is 13.0. The minimum absolute atomic E-state index is 0.0498. The monoisotopic (exact) mass is 470 g/mol. The molecule has 0 saturated carbocycles. The molecule has 2 heterocycles. The molecule has 1 atom stereocenters. The molecule has 1 aliphatic rings. The molecular weight excluding hydrogens is 440 g/mol. The van der Waals surface area contributed by atoms with Gasteiger partial charge in [0.15, 0.2) is 21.5 Å². The number of benzene rings is 2. The second kappa shape index (κ2) is 9.88. The minimum atomic E-state index is -3.56. The van der Waals surface area contributed by atoms with Crippen LogP contribution >= 0.6 is 0 Å². The smallest absolute Gasteiger partial charge is 0.198 e. The Balaban J connectivity index is 1.46. The van der Waals surface area contributed by atoms with Crippen molar-refractivity contribution in [3.8, 4) is 5.75 Å². The largest absolute Gasteiger partial charge is 0.497 e. The number of aromatic nitrogens is 4. The van der Waals surface area contributed by atoms with Gasteiger partial charge in [0.2, 0.25) is 0 Å². The number of tetrazole rings is 1. The Morgan fingerprint density at radius 1 is 1.00 bits per heavy atom. The minimum Gasteiger partial charge on any atom is -0.497 e. The van der Waals surface area contributed by atoms with E-state index in [0.29, 0.717) is 5.82 Å². The Morgan fingerprint density at radius 2 is 1.67 bits per heavy atom. The zero-order valence-corrected chi connectivity index (χ0v) is 20.1. The first kappa shape index (κ1) is 23.2. The Hall–Kier alpha value is -2.98. The molecule has 0 unspecified atom stereocenters. The maximum absolute atomic E-state index is 13.0. The van der Waals surface area contributed by atoms with Crippen LogP contribution < -0.4 is 9.64 Å². The molecule has 2 aromatic carbocycles. The number of hydrogen-bond donors (Lipinski definition) is 0. The summed E-state index contributed by atoms with van der Waals surface area (Å²) in [6.07, 6.45) is 0.785. The lowest BCUT2D eigenvalue weighted by atomic mass is 10.1. The van der Waals surface area contributed by atoms with Crippen molar-refractivity contribution in [3.63, 3.8) is 0 Å². The lowest BCUT2D eigenvalue weighted by Crippen LogP contribution is -2.48. The van der Waals surface area contributed by atoms with Crippen LogP contribution in [0.1, 0.15) is 30.8 Å². The number of piperazine rings is 1. The molecule has 10 heteroatoms. The third kappa shape index (κ3) is 5.17. The molecule has 0 spiro atoms. The van der Waals surface area contributed by atoms with Crippen LogP contribution in [0.5, 0.6) is 5.75 Å². The molecule has 176 valence electrons. The highest BCUT2D eigenvalue weighted by Crippen LogP contribution is 2.27. The summed E-state index contributed by atoms with van der Waals surface area (Å²) in [5.74, 6) is 1.16. The van der Waals surface area contributed by atoms with E-state index in [4.69, 9.17) is 4.74 Å². The second-order valence-corrected chi connectivity index (χ2v) is 10.2. The van der Waals surface area contributed by atoms with Crippen LogP contribution in [-0.2, 0) is 15.7 Å². The number of anilines is 1. The molecule has 1 aliphatic heterocycles. The average molecular weight is 471 g/mol. The van der Waals surface area contributed by atoms with E-state index in [1.165, 1.54) is 4.68 Å². The SMILES string of the molecule is CC[C@H](c1nnnn1CS(=O)(=O)c1ccc(C)cc1)N1CCN(c2ccc(OC)cc2)CC1. The quantitative estimate of drug-likeness (QED) is 0.496. The predicted molar refractivity (Wildman–Crippen MR) is 126 cm³/mol. The average Bonchev–Trinajstić information content (AvgIpc) is 3.27. The van der Waals surface area contributed by atoms with Crippen molar-refractivity contribution in [2.45, 2.75) is 37.1 Å². The summed E-state index contributed by atoms with van der Waals surface area (Å²) < 4.78 is 32.6. The van der Waals surface area contributed by atoms with E-state index < -0.39 is 9.84 Å². The molecule has 0 amide bonds. The predicted octanol–water partition coefficient (Wildman–Crippen LogP) is 2.69. The summed E-state index contributed by atoms with van der Waals surface area (Å²) in [4.78, 5) is 4.95. The molecule has 0 radical (unpaired) electrons. The highest BCUT2D eigenvalue weighted by Gasteiger charge is 2.29. The fraction of sp³-hybridized carbons (Fsp3) is 0.435. The van der Waals surface area contributed by atoms with Crippen LogP contribution in [0.4, 0.5) is 5.69 Å². The van der Waals surface area contributed by atoms with Crippen molar-refractivity contribution in [2.75, 3.05) is 38.2 Å². The van der Waals surface area contributed by atoms with E-state index in [1.807, 2.05) is 19.1 Å². The summed E-state index contributed by atoms with van der Waals surface area (Å²) >= 11 is 0. The molecule has 0 aliphatic carbocycles. The number of rotatable bonds is 8. The van der Waals surface area contributed by atoms with Gasteiger partial charge >= 0.3 is 0 Å². The van der Waals surface area contributed by atoms with Gasteiger partial charge in [-0.3, -0.25) is 4.90 Å². The zero-order chi connectivity index (χ0) is 23.4. The molecule has 3 aromatic rings. The fourth-order valence-corrected chi connectivity index (χ4v) is 5.42. The van der Waals surface area contributed by atoms with E-state index in [1.54, 1.807) is 31.4 Å². The van der Waals surface area contributed by atoms with Crippen molar-refractivity contribution >= 4 is 15.5 Å². The normalized spacial score (nSPS) is 16.0. The van der Waals surface area contributed by atoms with Crippen LogP contribution in [0.25, 0.3) is 0 Å². The van der Waals surface area contributed by atoms with Crippen LogP contribution in [0.2, 0.25) is 0 Å². The van der Waals surface area contributed by atoms with E-state index in [2.05, 4.69) is 44.4 Å². The first-order valence-electron chi connectivity index (χ1n) is 11.1. The lowest BCUT2D eigenvalue weighted by molar-refractivity contribution is 0.170. The molecule has 0 N–H and O–H groups in total. The summed E-state index contributed by atoms with van der Waals surface area (Å²) in [5.41, 5.74) is 2.18. The molecule has 9 nitrogen and oxygen atoms in total. The van der Waals surface area contributed by atoms with Gasteiger partial charge in [0.25, 0.3) is 0 Å². The summed E-state index contributed by atoms with van der Waals surface area (Å²) in [7, 11) is -1.90. The third-order valence-electron chi connectivity index (χ3n) is 6.11. The van der Waals surface area contributed by atoms with Gasteiger partial charge in [0.1, 0.15) is 5.75 Å². The van der Waals surface area contributed by atoms with Crippen molar-refractivity contribution in [3.05, 3.63) is 59.9 Å². The highest BCUT2D eigenvalue weighted by molar-refractivity contribution is 7.90. The van der Waals surface area contributed by atoms with Gasteiger partial charge in [-0.15, -0.1) is 5.10 Å². The number of hydrogen-bond acceptors (Lipinski definition) is 8. The number of nitrogens with zero attached hydrogens (tertiary/aromatic N) is 6. The van der Waals surface area contributed by atoms with Gasteiger partial charge in [0.05, 0.1) is 18.0 Å². The summed E-state index contributed by atoms with van der Waals surface area (Å²) in [6, 6.07) is 14.9. The highest BCUT2D eigenvalue weighted by atomic mass is 32.2. The van der Waals surface area contributed by atoms with Crippen molar-refractivity contribution in [2.24, 2.45) is 0 Å². The van der Waals surface area contributed by atoms with Gasteiger partial charge in [0, 0.05) is 31.9 Å². The van der Waals surface area contributed by atoms with E-state index in [0.717, 1.165) is 49.6 Å². The first-order chi connectivity index (χ1) is 15.9. The van der Waals surface area contributed by atoms with Gasteiger partial charge in [-0.25, -0.2) is 13.1 Å². The topological polar surface area (TPSA) is 93.5 Å². The first-order valence-corrected chi connectivity index (χ1v) is 12.7. The Kier molecular flexibility index (Phi) is 6.94. The van der Waals surface area contributed by atoms with Gasteiger partial charge in [-0.1, -0.05) is 24.6 Å². The standard InChI is InChI=1S/C23H30N6O3S/c1-4-22(28-15-13-27(14-16-28)19-7-9-20(32-3)10-8-19)23-24-25-26-29(23)17-33(30,31)21-11-5-18(2)6-12-21/h5-12,22H,4,13-17H2,1-3H3/t22-/m1/s1. The Labute approximate surface area is 194 Å². The molecular formula is C23H30N6O3S. The molecule has 1 aromatic heterocycles.